The first-order chi connectivity index (χ1) is 8.74. The van der Waals surface area contributed by atoms with E-state index in [4.69, 9.17) is 21.1 Å². The van der Waals surface area contributed by atoms with Crippen molar-refractivity contribution < 1.29 is 19.1 Å². The quantitative estimate of drug-likeness (QED) is 0.567. The van der Waals surface area contributed by atoms with Crippen molar-refractivity contribution in [2.45, 2.75) is 32.4 Å². The smallest absolute Gasteiger partial charge is 0.410 e. The molecule has 1 rings (SSSR count). The average molecular weight is 293 g/mol. The molecule has 1 heterocycles. The van der Waals surface area contributed by atoms with E-state index in [2.05, 4.69) is 0 Å². The number of rotatable bonds is 2. The minimum absolute atomic E-state index is 0.185. The van der Waals surface area contributed by atoms with E-state index < -0.39 is 23.7 Å². The van der Waals surface area contributed by atoms with E-state index >= 15 is 0 Å². The van der Waals surface area contributed by atoms with Crippen molar-refractivity contribution in [3.63, 3.8) is 0 Å². The lowest BCUT2D eigenvalue weighted by Crippen LogP contribution is -2.57. The molecule has 1 atom stereocenters. The Morgan fingerprint density at radius 2 is 1.95 bits per heavy atom. The number of carbonyl (C=O) groups excluding carboxylic acids is 2. The van der Waals surface area contributed by atoms with Crippen LogP contribution >= 0.6 is 11.6 Å². The zero-order valence-electron chi connectivity index (χ0n) is 11.8. The summed E-state index contributed by atoms with van der Waals surface area (Å²) in [6.07, 6.45) is -0.413. The van der Waals surface area contributed by atoms with Gasteiger partial charge in [0.25, 0.3) is 0 Å². The van der Waals surface area contributed by atoms with Crippen LogP contribution in [0.2, 0.25) is 0 Å². The van der Waals surface area contributed by atoms with Gasteiger partial charge >= 0.3 is 12.1 Å². The van der Waals surface area contributed by atoms with Gasteiger partial charge in [0.15, 0.2) is 6.07 Å². The Morgan fingerprint density at radius 1 is 1.32 bits per heavy atom. The molecule has 0 spiro atoms. The summed E-state index contributed by atoms with van der Waals surface area (Å²) in [5.41, 5.74) is -0.549. The second-order valence-electron chi connectivity index (χ2n) is 5.50. The SMILES string of the molecule is CN1CCN(C(=O)OC(C)(C)C)CC1C(=O)OCCl. The summed E-state index contributed by atoms with van der Waals surface area (Å²) in [6.45, 7) is 6.78. The Kier molecular flexibility index (Phi) is 5.43. The number of amides is 1. The molecule has 1 fully saturated rings. The third-order valence-electron chi connectivity index (χ3n) is 2.77. The molecule has 1 amide bonds. The molecule has 0 aromatic rings. The van der Waals surface area contributed by atoms with E-state index in [0.29, 0.717) is 13.1 Å². The molecule has 110 valence electrons. The van der Waals surface area contributed by atoms with Crippen molar-refractivity contribution >= 4 is 23.7 Å². The number of hydrogen-bond acceptors (Lipinski definition) is 5. The summed E-state index contributed by atoms with van der Waals surface area (Å²) in [6, 6.07) is -0.685. The van der Waals surface area contributed by atoms with Crippen LogP contribution in [0.25, 0.3) is 0 Å². The molecule has 1 aliphatic heterocycles. The summed E-state index contributed by atoms with van der Waals surface area (Å²) < 4.78 is 10.1. The summed E-state index contributed by atoms with van der Waals surface area (Å²) in [5.74, 6) is -0.425. The van der Waals surface area contributed by atoms with Crippen molar-refractivity contribution in [3.8, 4) is 0 Å². The number of halogens is 1. The van der Waals surface area contributed by atoms with Crippen LogP contribution < -0.4 is 0 Å². The van der Waals surface area contributed by atoms with Crippen LogP contribution in [0, 0.1) is 0 Å². The molecule has 0 aromatic heterocycles. The third-order valence-corrected chi connectivity index (χ3v) is 2.88. The van der Waals surface area contributed by atoms with Gasteiger partial charge in [-0.2, -0.15) is 0 Å². The third kappa shape index (κ3) is 4.87. The molecule has 0 radical (unpaired) electrons. The van der Waals surface area contributed by atoms with Gasteiger partial charge in [-0.05, 0) is 27.8 Å². The lowest BCUT2D eigenvalue weighted by atomic mass is 10.2. The zero-order valence-corrected chi connectivity index (χ0v) is 12.6. The van der Waals surface area contributed by atoms with Gasteiger partial charge < -0.3 is 14.4 Å². The molecule has 0 saturated carbocycles. The number of alkyl halides is 1. The molecule has 0 aliphatic carbocycles. The van der Waals surface area contributed by atoms with E-state index in [1.54, 1.807) is 20.8 Å². The molecule has 6 nitrogen and oxygen atoms in total. The number of nitrogens with zero attached hydrogens (tertiary/aromatic N) is 2. The van der Waals surface area contributed by atoms with E-state index in [1.807, 2.05) is 11.9 Å². The van der Waals surface area contributed by atoms with E-state index in [0.717, 1.165) is 0 Å². The number of likely N-dealkylation sites (N-methyl/N-ethyl adjacent to an activating group) is 1. The standard InChI is InChI=1S/C12H21ClN2O4/c1-12(2,3)19-11(17)15-6-5-14(4)9(7-15)10(16)18-8-13/h9H,5-8H2,1-4H3. The topological polar surface area (TPSA) is 59.1 Å². The molecule has 7 heteroatoms. The van der Waals surface area contributed by atoms with Crippen LogP contribution in [0.1, 0.15) is 20.8 Å². The zero-order chi connectivity index (χ0) is 14.6. The van der Waals surface area contributed by atoms with Crippen molar-refractivity contribution in [3.05, 3.63) is 0 Å². The second-order valence-corrected chi connectivity index (χ2v) is 5.71. The van der Waals surface area contributed by atoms with Gasteiger partial charge in [-0.3, -0.25) is 9.69 Å². The minimum Gasteiger partial charge on any atom is -0.448 e. The van der Waals surface area contributed by atoms with E-state index in [1.165, 1.54) is 4.90 Å². The summed E-state index contributed by atoms with van der Waals surface area (Å²) in [5, 5.41) is 0. The molecule has 0 aromatic carbocycles. The van der Waals surface area contributed by atoms with E-state index in [9.17, 15) is 9.59 Å². The highest BCUT2D eigenvalue weighted by molar-refractivity contribution is 6.17. The molecule has 19 heavy (non-hydrogen) atoms. The van der Waals surface area contributed by atoms with Crippen LogP contribution in [-0.4, -0.2) is 66.3 Å². The Hall–Kier alpha value is -1.01. The first-order valence-electron chi connectivity index (χ1n) is 6.15. The Bertz CT molecular complexity index is 343. The normalized spacial score (nSPS) is 21.1. The monoisotopic (exact) mass is 292 g/mol. The van der Waals surface area contributed by atoms with Gasteiger partial charge in [-0.25, -0.2) is 4.79 Å². The minimum atomic E-state index is -0.549. The molecule has 0 N–H and O–H groups in total. The molecule has 1 unspecified atom stereocenters. The first kappa shape index (κ1) is 16.0. The first-order valence-corrected chi connectivity index (χ1v) is 6.69. The molecular weight excluding hydrogens is 272 g/mol. The summed E-state index contributed by atoms with van der Waals surface area (Å²) in [7, 11) is 1.81. The van der Waals surface area contributed by atoms with Gasteiger partial charge in [0.2, 0.25) is 0 Å². The molecule has 1 aliphatic rings. The lowest BCUT2D eigenvalue weighted by molar-refractivity contribution is -0.149. The maximum atomic E-state index is 12.0. The van der Waals surface area contributed by atoms with Crippen molar-refractivity contribution in [1.29, 1.82) is 0 Å². The van der Waals surface area contributed by atoms with Gasteiger partial charge in [0.05, 0.1) is 6.54 Å². The number of piperazine rings is 1. The van der Waals surface area contributed by atoms with E-state index in [-0.39, 0.29) is 12.6 Å². The molecule has 1 saturated heterocycles. The van der Waals surface area contributed by atoms with Gasteiger partial charge in [-0.15, -0.1) is 0 Å². The van der Waals surface area contributed by atoms with Crippen LogP contribution in [0.15, 0.2) is 0 Å². The van der Waals surface area contributed by atoms with Gasteiger partial charge in [0.1, 0.15) is 11.6 Å². The Morgan fingerprint density at radius 3 is 2.47 bits per heavy atom. The maximum absolute atomic E-state index is 12.0. The lowest BCUT2D eigenvalue weighted by Gasteiger charge is -2.38. The van der Waals surface area contributed by atoms with Crippen molar-refractivity contribution in [2.24, 2.45) is 0 Å². The largest absolute Gasteiger partial charge is 0.448 e. The highest BCUT2D eigenvalue weighted by Crippen LogP contribution is 2.14. The fraction of sp³-hybridized carbons (Fsp3) is 0.833. The predicted molar refractivity (Wildman–Crippen MR) is 71.0 cm³/mol. The number of carbonyl (C=O) groups is 2. The van der Waals surface area contributed by atoms with Crippen molar-refractivity contribution in [2.75, 3.05) is 32.7 Å². The van der Waals surface area contributed by atoms with Crippen LogP contribution in [0.4, 0.5) is 4.79 Å². The second kappa shape index (κ2) is 6.43. The average Bonchev–Trinajstić information content (AvgIpc) is 2.27. The molecular formula is C12H21ClN2O4. The highest BCUT2D eigenvalue weighted by Gasteiger charge is 2.34. The van der Waals surface area contributed by atoms with Crippen LogP contribution in [0.5, 0.6) is 0 Å². The Labute approximate surface area is 118 Å². The Balaban J connectivity index is 2.63. The number of hydrogen-bond donors (Lipinski definition) is 0. The summed E-state index contributed by atoms with van der Waals surface area (Å²) in [4.78, 5) is 27.1. The fourth-order valence-corrected chi connectivity index (χ4v) is 1.88. The van der Waals surface area contributed by atoms with Gasteiger partial charge in [0, 0.05) is 13.1 Å². The van der Waals surface area contributed by atoms with Crippen LogP contribution in [0.3, 0.4) is 0 Å². The van der Waals surface area contributed by atoms with Crippen molar-refractivity contribution in [1.82, 2.24) is 9.80 Å². The fourth-order valence-electron chi connectivity index (χ4n) is 1.77. The number of ether oxygens (including phenoxy) is 2. The predicted octanol–water partition coefficient (Wildman–Crippen LogP) is 1.28. The van der Waals surface area contributed by atoms with Crippen LogP contribution in [-0.2, 0) is 14.3 Å². The number of esters is 1. The molecule has 0 bridgehead atoms. The van der Waals surface area contributed by atoms with Gasteiger partial charge in [-0.1, -0.05) is 11.6 Å². The highest BCUT2D eigenvalue weighted by atomic mass is 35.5. The summed E-state index contributed by atoms with van der Waals surface area (Å²) >= 11 is 5.38. The maximum Gasteiger partial charge on any atom is 0.410 e.